The molecule has 0 spiro atoms. The summed E-state index contributed by atoms with van der Waals surface area (Å²) in [5, 5.41) is 3.24. The van der Waals surface area contributed by atoms with Gasteiger partial charge in [0.15, 0.2) is 5.78 Å². The quantitative estimate of drug-likeness (QED) is 0.568. The minimum Gasteiger partial charge on any atom is -0.494 e. The summed E-state index contributed by atoms with van der Waals surface area (Å²) >= 11 is 0. The molecule has 1 N–H and O–H groups in total. The Bertz CT molecular complexity index is 406. The molecular formula is C17H27NO4. The number of hydrogen-bond acceptors (Lipinski definition) is 5. The number of ether oxygens (including phenoxy) is 3. The summed E-state index contributed by atoms with van der Waals surface area (Å²) in [4.78, 5) is 10.6. The largest absolute Gasteiger partial charge is 0.494 e. The lowest BCUT2D eigenvalue weighted by atomic mass is 10.3. The van der Waals surface area contributed by atoms with E-state index in [4.69, 9.17) is 14.2 Å². The Balaban J connectivity index is 1.93. The number of ketones is 1. The van der Waals surface area contributed by atoms with E-state index in [1.54, 1.807) is 0 Å². The highest BCUT2D eigenvalue weighted by Gasteiger charge is 1.96. The number of nitrogens with one attached hydrogen (secondary N) is 1. The van der Waals surface area contributed by atoms with E-state index in [1.165, 1.54) is 6.92 Å². The molecule has 0 aliphatic carbocycles. The van der Waals surface area contributed by atoms with Gasteiger partial charge in [-0.3, -0.25) is 4.79 Å². The van der Waals surface area contributed by atoms with Crippen LogP contribution in [0.1, 0.15) is 26.7 Å². The van der Waals surface area contributed by atoms with Crippen LogP contribution < -0.4 is 10.1 Å². The second kappa shape index (κ2) is 12.0. The average Bonchev–Trinajstić information content (AvgIpc) is 2.51. The molecule has 0 amide bonds. The van der Waals surface area contributed by atoms with Crippen molar-refractivity contribution in [2.24, 2.45) is 0 Å². The molecule has 0 bridgehead atoms. The highest BCUT2D eigenvalue weighted by molar-refractivity contribution is 5.76. The third-order valence-corrected chi connectivity index (χ3v) is 2.82. The highest BCUT2D eigenvalue weighted by atomic mass is 16.5. The third kappa shape index (κ3) is 9.37. The predicted molar refractivity (Wildman–Crippen MR) is 87.7 cm³/mol. The van der Waals surface area contributed by atoms with E-state index >= 15 is 0 Å². The van der Waals surface area contributed by atoms with Crippen LogP contribution in [-0.2, 0) is 14.3 Å². The standard InChI is InChI=1S/C17H27NO4/c1-3-18-16-6-8-17(9-7-16)22-13-5-11-20-10-4-12-21-14-15(2)19/h6-9,18H,3-5,10-14H2,1-2H3. The van der Waals surface area contributed by atoms with Gasteiger partial charge >= 0.3 is 0 Å². The van der Waals surface area contributed by atoms with Crippen molar-refractivity contribution in [1.29, 1.82) is 0 Å². The second-order valence-corrected chi connectivity index (χ2v) is 4.98. The molecule has 1 aromatic carbocycles. The number of Topliss-reactive ketones (excluding diaryl/α,β-unsaturated/α-hetero) is 1. The maximum atomic E-state index is 10.6. The van der Waals surface area contributed by atoms with Gasteiger partial charge in [0.2, 0.25) is 0 Å². The van der Waals surface area contributed by atoms with Gasteiger partial charge in [0.25, 0.3) is 0 Å². The van der Waals surface area contributed by atoms with Gasteiger partial charge in [-0.05, 0) is 44.5 Å². The zero-order valence-corrected chi connectivity index (χ0v) is 13.6. The number of anilines is 1. The van der Waals surface area contributed by atoms with Crippen LogP contribution in [0.25, 0.3) is 0 Å². The number of benzene rings is 1. The molecule has 0 heterocycles. The van der Waals surface area contributed by atoms with Crippen LogP contribution in [0.15, 0.2) is 24.3 Å². The van der Waals surface area contributed by atoms with Crippen LogP contribution in [0.2, 0.25) is 0 Å². The fourth-order valence-corrected chi connectivity index (χ4v) is 1.81. The normalized spacial score (nSPS) is 10.5. The zero-order valence-electron chi connectivity index (χ0n) is 13.6. The molecule has 0 unspecified atom stereocenters. The van der Waals surface area contributed by atoms with Crippen molar-refractivity contribution >= 4 is 11.5 Å². The fourth-order valence-electron chi connectivity index (χ4n) is 1.81. The van der Waals surface area contributed by atoms with E-state index in [0.717, 1.165) is 30.8 Å². The Morgan fingerprint density at radius 1 is 1.00 bits per heavy atom. The van der Waals surface area contributed by atoms with E-state index in [1.807, 2.05) is 24.3 Å². The van der Waals surface area contributed by atoms with Gasteiger partial charge in [-0.25, -0.2) is 0 Å². The zero-order chi connectivity index (χ0) is 16.0. The van der Waals surface area contributed by atoms with Crippen molar-refractivity contribution in [2.45, 2.75) is 26.7 Å². The minimum atomic E-state index is 0.0524. The maximum Gasteiger partial charge on any atom is 0.155 e. The topological polar surface area (TPSA) is 56.8 Å². The lowest BCUT2D eigenvalue weighted by Crippen LogP contribution is -2.08. The highest BCUT2D eigenvalue weighted by Crippen LogP contribution is 2.15. The number of carbonyl (C=O) groups excluding carboxylic acids is 1. The molecule has 124 valence electrons. The Hall–Kier alpha value is -1.59. The summed E-state index contributed by atoms with van der Waals surface area (Å²) in [7, 11) is 0. The average molecular weight is 309 g/mol. The number of carbonyl (C=O) groups is 1. The van der Waals surface area contributed by atoms with Crippen molar-refractivity contribution in [1.82, 2.24) is 0 Å². The second-order valence-electron chi connectivity index (χ2n) is 4.98. The molecule has 0 saturated carbocycles. The number of rotatable bonds is 13. The van der Waals surface area contributed by atoms with Gasteiger partial charge in [0.05, 0.1) is 6.61 Å². The van der Waals surface area contributed by atoms with E-state index in [0.29, 0.717) is 26.4 Å². The van der Waals surface area contributed by atoms with Crippen LogP contribution in [0.5, 0.6) is 5.75 Å². The molecule has 0 saturated heterocycles. The van der Waals surface area contributed by atoms with E-state index in [2.05, 4.69) is 12.2 Å². The smallest absolute Gasteiger partial charge is 0.155 e. The minimum absolute atomic E-state index is 0.0524. The molecule has 22 heavy (non-hydrogen) atoms. The molecule has 0 aliphatic rings. The first-order valence-corrected chi connectivity index (χ1v) is 7.84. The van der Waals surface area contributed by atoms with Gasteiger partial charge in [0.1, 0.15) is 12.4 Å². The lowest BCUT2D eigenvalue weighted by molar-refractivity contribution is -0.121. The van der Waals surface area contributed by atoms with Crippen LogP contribution in [0.3, 0.4) is 0 Å². The molecule has 0 radical (unpaired) electrons. The summed E-state index contributed by atoms with van der Waals surface area (Å²) in [6.07, 6.45) is 1.66. The number of hydrogen-bond donors (Lipinski definition) is 1. The van der Waals surface area contributed by atoms with Crippen LogP contribution in [-0.4, -0.2) is 45.4 Å². The Kier molecular flexibility index (Phi) is 10.1. The van der Waals surface area contributed by atoms with E-state index in [-0.39, 0.29) is 12.4 Å². The first kappa shape index (κ1) is 18.5. The molecule has 0 atom stereocenters. The van der Waals surface area contributed by atoms with Crippen LogP contribution in [0.4, 0.5) is 5.69 Å². The third-order valence-electron chi connectivity index (χ3n) is 2.82. The molecule has 0 aromatic heterocycles. The molecule has 1 rings (SSSR count). The van der Waals surface area contributed by atoms with E-state index in [9.17, 15) is 4.79 Å². The molecule has 5 heteroatoms. The Morgan fingerprint density at radius 2 is 1.64 bits per heavy atom. The first-order chi connectivity index (χ1) is 10.7. The first-order valence-electron chi connectivity index (χ1n) is 7.84. The molecule has 5 nitrogen and oxygen atoms in total. The Morgan fingerprint density at radius 3 is 2.27 bits per heavy atom. The van der Waals surface area contributed by atoms with Crippen molar-refractivity contribution < 1.29 is 19.0 Å². The van der Waals surface area contributed by atoms with Crippen LogP contribution in [0, 0.1) is 0 Å². The Labute approximate surface area is 132 Å². The van der Waals surface area contributed by atoms with Crippen LogP contribution >= 0.6 is 0 Å². The van der Waals surface area contributed by atoms with Crippen molar-refractivity contribution in [3.8, 4) is 5.75 Å². The van der Waals surface area contributed by atoms with Gasteiger partial charge in [0, 0.05) is 38.5 Å². The maximum absolute atomic E-state index is 10.6. The summed E-state index contributed by atoms with van der Waals surface area (Å²) in [6.45, 7) is 7.22. The predicted octanol–water partition coefficient (Wildman–Crippen LogP) is 2.90. The van der Waals surface area contributed by atoms with Gasteiger partial charge in [-0.2, -0.15) is 0 Å². The van der Waals surface area contributed by atoms with Gasteiger partial charge in [-0.1, -0.05) is 0 Å². The lowest BCUT2D eigenvalue weighted by Gasteiger charge is -2.08. The summed E-state index contributed by atoms with van der Waals surface area (Å²) < 4.78 is 16.3. The van der Waals surface area contributed by atoms with Gasteiger partial charge in [-0.15, -0.1) is 0 Å². The molecule has 0 fully saturated rings. The van der Waals surface area contributed by atoms with Crippen molar-refractivity contribution in [2.75, 3.05) is 44.9 Å². The van der Waals surface area contributed by atoms with Gasteiger partial charge < -0.3 is 19.5 Å². The summed E-state index contributed by atoms with van der Waals surface area (Å²) in [5.41, 5.74) is 1.10. The molecule has 1 aromatic rings. The summed E-state index contributed by atoms with van der Waals surface area (Å²) in [6, 6.07) is 7.95. The monoisotopic (exact) mass is 309 g/mol. The van der Waals surface area contributed by atoms with E-state index < -0.39 is 0 Å². The van der Waals surface area contributed by atoms with Crippen molar-refractivity contribution in [3.63, 3.8) is 0 Å². The van der Waals surface area contributed by atoms with Crippen molar-refractivity contribution in [3.05, 3.63) is 24.3 Å². The molecular weight excluding hydrogens is 282 g/mol. The fraction of sp³-hybridized carbons (Fsp3) is 0.588. The SMILES string of the molecule is CCNc1ccc(OCCCOCCCOCC(C)=O)cc1. The molecule has 0 aliphatic heterocycles. The summed E-state index contributed by atoms with van der Waals surface area (Å²) in [5.74, 6) is 0.927.